The Labute approximate surface area is 169 Å². The molecule has 1 atom stereocenters. The predicted molar refractivity (Wildman–Crippen MR) is 111 cm³/mol. The van der Waals surface area contributed by atoms with Crippen molar-refractivity contribution in [2.45, 2.75) is 51.7 Å². The summed E-state index contributed by atoms with van der Waals surface area (Å²) in [4.78, 5) is 12.2. The maximum Gasteiger partial charge on any atom is 0.407 e. The van der Waals surface area contributed by atoms with Gasteiger partial charge in [0.1, 0.15) is 5.60 Å². The molecule has 0 heterocycles. The molecule has 0 spiro atoms. The lowest BCUT2D eigenvalue weighted by atomic mass is 9.99. The van der Waals surface area contributed by atoms with Gasteiger partial charge in [-0.05, 0) is 75.4 Å². The quantitative estimate of drug-likeness (QED) is 0.585. The van der Waals surface area contributed by atoms with Crippen molar-refractivity contribution < 1.29 is 9.53 Å². The molecular weight excluding hydrogens is 414 g/mol. The van der Waals surface area contributed by atoms with Gasteiger partial charge in [0.05, 0.1) is 0 Å². The third-order valence-electron chi connectivity index (χ3n) is 3.79. The van der Waals surface area contributed by atoms with Gasteiger partial charge in [0.15, 0.2) is 0 Å². The number of alkyl carbamates (subject to hydrolysis) is 1. The fourth-order valence-electron chi connectivity index (χ4n) is 2.64. The van der Waals surface area contributed by atoms with E-state index in [0.717, 1.165) is 34.3 Å². The molecule has 26 heavy (non-hydrogen) atoms. The predicted octanol–water partition coefficient (Wildman–Crippen LogP) is 6.17. The molecule has 1 N–H and O–H groups in total. The van der Waals surface area contributed by atoms with Crippen molar-refractivity contribution in [3.63, 3.8) is 0 Å². The fourth-order valence-corrected chi connectivity index (χ4v) is 3.21. The largest absolute Gasteiger partial charge is 0.444 e. The van der Waals surface area contributed by atoms with Gasteiger partial charge in [0.25, 0.3) is 0 Å². The number of amides is 1. The number of carbonyl (C=O) groups is 1. The number of carbonyl (C=O) groups excluding carboxylic acids is 1. The number of rotatable bonds is 6. The zero-order valence-corrected chi connectivity index (χ0v) is 17.7. The van der Waals surface area contributed by atoms with Crippen LogP contribution in [0.5, 0.6) is 0 Å². The summed E-state index contributed by atoms with van der Waals surface area (Å²) in [6.45, 7) is 5.59. The molecule has 1 amide bonds. The minimum Gasteiger partial charge on any atom is -0.444 e. The minimum atomic E-state index is -0.513. The van der Waals surface area contributed by atoms with Crippen LogP contribution in [0.2, 0.25) is 5.02 Å². The Morgan fingerprint density at radius 3 is 2.46 bits per heavy atom. The minimum absolute atomic E-state index is 0.0187. The highest BCUT2D eigenvalue weighted by Gasteiger charge is 2.20. The van der Waals surface area contributed by atoms with E-state index >= 15 is 0 Å². The van der Waals surface area contributed by atoms with Gasteiger partial charge < -0.3 is 10.1 Å². The number of aryl methyl sites for hydroxylation is 1. The van der Waals surface area contributed by atoms with Crippen LogP contribution in [0, 0.1) is 0 Å². The number of benzene rings is 2. The van der Waals surface area contributed by atoms with E-state index in [2.05, 4.69) is 33.4 Å². The Bertz CT molecular complexity index is 726. The smallest absolute Gasteiger partial charge is 0.407 e. The molecule has 0 aromatic heterocycles. The third-order valence-corrected chi connectivity index (χ3v) is 4.53. The van der Waals surface area contributed by atoms with Crippen molar-refractivity contribution in [1.82, 2.24) is 5.32 Å². The standard InChI is InChI=1S/C21H25BrClNO2/c1-21(2,3)26-20(25)24-19(14-16-5-4-6-17(22)13-16)12-9-15-7-10-18(23)11-8-15/h4-8,10-11,13,19H,9,12,14H2,1-3H3,(H,24,25). The van der Waals surface area contributed by atoms with Crippen molar-refractivity contribution in [2.75, 3.05) is 0 Å². The highest BCUT2D eigenvalue weighted by Crippen LogP contribution is 2.17. The summed E-state index contributed by atoms with van der Waals surface area (Å²) in [5, 5.41) is 3.75. The molecular formula is C21H25BrClNO2. The lowest BCUT2D eigenvalue weighted by Crippen LogP contribution is -2.40. The molecule has 2 aromatic carbocycles. The molecule has 2 aromatic rings. The summed E-state index contributed by atoms with van der Waals surface area (Å²) in [5.74, 6) is 0. The normalized spacial score (nSPS) is 12.5. The van der Waals surface area contributed by atoms with Crippen LogP contribution in [0.1, 0.15) is 38.3 Å². The van der Waals surface area contributed by atoms with Crippen molar-refractivity contribution in [1.29, 1.82) is 0 Å². The van der Waals surface area contributed by atoms with Crippen LogP contribution in [0.15, 0.2) is 53.0 Å². The summed E-state index contributed by atoms with van der Waals surface area (Å²) >= 11 is 9.45. The monoisotopic (exact) mass is 437 g/mol. The zero-order chi connectivity index (χ0) is 19.2. The van der Waals surface area contributed by atoms with Gasteiger partial charge in [0, 0.05) is 15.5 Å². The highest BCUT2D eigenvalue weighted by atomic mass is 79.9. The molecule has 0 bridgehead atoms. The van der Waals surface area contributed by atoms with E-state index in [1.54, 1.807) is 0 Å². The molecule has 0 saturated carbocycles. The molecule has 0 aliphatic rings. The Balaban J connectivity index is 2.04. The molecule has 2 rings (SSSR count). The topological polar surface area (TPSA) is 38.3 Å². The summed E-state index contributed by atoms with van der Waals surface area (Å²) < 4.78 is 6.45. The molecule has 140 valence electrons. The van der Waals surface area contributed by atoms with Crippen LogP contribution in [-0.4, -0.2) is 17.7 Å². The van der Waals surface area contributed by atoms with Crippen molar-refractivity contribution in [3.05, 3.63) is 69.2 Å². The first-order valence-corrected chi connectivity index (χ1v) is 9.87. The maximum absolute atomic E-state index is 12.2. The first-order chi connectivity index (χ1) is 12.2. The van der Waals surface area contributed by atoms with Gasteiger partial charge in [0.2, 0.25) is 0 Å². The van der Waals surface area contributed by atoms with Crippen molar-refractivity contribution in [2.24, 2.45) is 0 Å². The Hall–Kier alpha value is -1.52. The summed E-state index contributed by atoms with van der Waals surface area (Å²) in [7, 11) is 0. The summed E-state index contributed by atoms with van der Waals surface area (Å²) in [6.07, 6.45) is 2.03. The second-order valence-corrected chi connectivity index (χ2v) is 8.69. The molecule has 0 fully saturated rings. The maximum atomic E-state index is 12.2. The van der Waals surface area contributed by atoms with E-state index in [-0.39, 0.29) is 12.1 Å². The van der Waals surface area contributed by atoms with E-state index < -0.39 is 5.60 Å². The number of halogens is 2. The fraction of sp³-hybridized carbons (Fsp3) is 0.381. The van der Waals surface area contributed by atoms with Crippen LogP contribution in [0.4, 0.5) is 4.79 Å². The van der Waals surface area contributed by atoms with E-state index in [9.17, 15) is 4.79 Å². The second-order valence-electron chi connectivity index (χ2n) is 7.34. The van der Waals surface area contributed by atoms with Crippen LogP contribution in [-0.2, 0) is 17.6 Å². The first kappa shape index (κ1) is 20.8. The number of ether oxygens (including phenoxy) is 1. The van der Waals surface area contributed by atoms with E-state index in [0.29, 0.717) is 0 Å². The first-order valence-electron chi connectivity index (χ1n) is 8.70. The molecule has 0 aliphatic carbocycles. The van der Waals surface area contributed by atoms with Crippen LogP contribution < -0.4 is 5.32 Å². The van der Waals surface area contributed by atoms with Crippen molar-refractivity contribution >= 4 is 33.6 Å². The Morgan fingerprint density at radius 1 is 1.15 bits per heavy atom. The molecule has 3 nitrogen and oxygen atoms in total. The van der Waals surface area contributed by atoms with E-state index in [1.165, 1.54) is 5.56 Å². The average Bonchev–Trinajstić information content (AvgIpc) is 2.52. The van der Waals surface area contributed by atoms with Crippen LogP contribution in [0.3, 0.4) is 0 Å². The average molecular weight is 439 g/mol. The molecule has 5 heteroatoms. The zero-order valence-electron chi connectivity index (χ0n) is 15.4. The molecule has 0 saturated heterocycles. The van der Waals surface area contributed by atoms with Gasteiger partial charge in [-0.1, -0.05) is 51.8 Å². The van der Waals surface area contributed by atoms with Gasteiger partial charge in [-0.15, -0.1) is 0 Å². The molecule has 0 aliphatic heterocycles. The Kier molecular flexibility index (Phi) is 7.54. The summed E-state index contributed by atoms with van der Waals surface area (Å²) in [5.41, 5.74) is 1.84. The summed E-state index contributed by atoms with van der Waals surface area (Å²) in [6, 6.07) is 15.9. The van der Waals surface area contributed by atoms with Gasteiger partial charge in [-0.25, -0.2) is 4.79 Å². The van der Waals surface area contributed by atoms with Crippen LogP contribution in [0.25, 0.3) is 0 Å². The number of hydrogen-bond acceptors (Lipinski definition) is 2. The van der Waals surface area contributed by atoms with E-state index in [1.807, 2.05) is 57.2 Å². The van der Waals surface area contributed by atoms with Gasteiger partial charge in [-0.2, -0.15) is 0 Å². The highest BCUT2D eigenvalue weighted by molar-refractivity contribution is 9.10. The number of hydrogen-bond donors (Lipinski definition) is 1. The molecule has 1 unspecified atom stereocenters. The third kappa shape index (κ3) is 7.79. The van der Waals surface area contributed by atoms with Gasteiger partial charge in [-0.3, -0.25) is 0 Å². The second kappa shape index (κ2) is 9.43. The molecule has 0 radical (unpaired) electrons. The lowest BCUT2D eigenvalue weighted by molar-refractivity contribution is 0.0502. The lowest BCUT2D eigenvalue weighted by Gasteiger charge is -2.24. The van der Waals surface area contributed by atoms with E-state index in [4.69, 9.17) is 16.3 Å². The van der Waals surface area contributed by atoms with Crippen LogP contribution >= 0.6 is 27.5 Å². The number of nitrogens with one attached hydrogen (secondary N) is 1. The van der Waals surface area contributed by atoms with Gasteiger partial charge >= 0.3 is 6.09 Å². The van der Waals surface area contributed by atoms with Crippen molar-refractivity contribution in [3.8, 4) is 0 Å². The SMILES string of the molecule is CC(C)(C)OC(=O)NC(CCc1ccc(Cl)cc1)Cc1cccc(Br)c1. The Morgan fingerprint density at radius 2 is 1.85 bits per heavy atom.